The number of hydrogen-bond acceptors (Lipinski definition) is 3. The van der Waals surface area contributed by atoms with Crippen LogP contribution in [-0.4, -0.2) is 9.97 Å². The van der Waals surface area contributed by atoms with E-state index in [1.807, 2.05) is 42.5 Å². The molecular weight excluding hydrogens is 789 g/mol. The Morgan fingerprint density at radius 1 is 0.740 bits per heavy atom. The molecule has 9 rings (SSSR count). The number of aryl methyl sites for hydroxylation is 2. The summed E-state index contributed by atoms with van der Waals surface area (Å²) in [7, 11) is 0. The molecule has 8 aromatic rings. The van der Waals surface area contributed by atoms with Gasteiger partial charge in [0.05, 0.1) is 5.58 Å². The Labute approximate surface area is 318 Å². The van der Waals surface area contributed by atoms with Crippen LogP contribution in [0.3, 0.4) is 0 Å². The van der Waals surface area contributed by atoms with Gasteiger partial charge in [-0.15, -0.1) is 54.1 Å². The third-order valence-electron chi connectivity index (χ3n) is 9.79. The number of aromatic nitrogens is 2. The second-order valence-electron chi connectivity index (χ2n) is 13.6. The Kier molecular flexibility index (Phi) is 7.31. The molecule has 0 saturated heterocycles. The molecule has 0 N–H and O–H groups in total. The largest absolute Gasteiger partial charge is 0.501 e. The maximum absolute atomic E-state index is 9.41. The average molecular weight is 836 g/mol. The van der Waals surface area contributed by atoms with Crippen LogP contribution < -0.4 is 0 Å². The molecule has 0 aliphatic heterocycles. The monoisotopic (exact) mass is 836 g/mol. The molecule has 0 atom stereocenters. The summed E-state index contributed by atoms with van der Waals surface area (Å²) in [6.07, 6.45) is 5.83. The van der Waals surface area contributed by atoms with E-state index in [1.165, 1.54) is 23.2 Å². The number of hydrogen-bond donors (Lipinski definition) is 0. The molecule has 3 heterocycles. The number of rotatable bonds is 3. The van der Waals surface area contributed by atoms with Gasteiger partial charge in [0.1, 0.15) is 5.58 Å². The molecule has 1 saturated carbocycles. The zero-order chi connectivity index (χ0) is 39.5. The minimum Gasteiger partial charge on any atom is -0.501 e. The van der Waals surface area contributed by atoms with Gasteiger partial charge in [0, 0.05) is 47.5 Å². The minimum absolute atomic E-state index is 0. The molecule has 0 unspecified atom stereocenters. The Bertz CT molecular complexity index is 2710. The van der Waals surface area contributed by atoms with Gasteiger partial charge in [0.25, 0.3) is 0 Å². The summed E-state index contributed by atoms with van der Waals surface area (Å²) in [6.45, 7) is 0.00315. The summed E-state index contributed by atoms with van der Waals surface area (Å²) in [4.78, 5) is 8.74. The molecule has 0 bridgehead atoms. The molecule has 1 aliphatic rings. The zero-order valence-electron chi connectivity index (χ0n) is 34.9. The molecule has 50 heavy (non-hydrogen) atoms. The van der Waals surface area contributed by atoms with Crippen molar-refractivity contribution < 1.29 is 34.1 Å². The van der Waals surface area contributed by atoms with E-state index in [4.69, 9.17) is 12.6 Å². The van der Waals surface area contributed by atoms with Crippen molar-refractivity contribution in [3.05, 3.63) is 144 Å². The fourth-order valence-electron chi connectivity index (χ4n) is 6.92. The minimum atomic E-state index is -2.35. The van der Waals surface area contributed by atoms with E-state index in [-0.39, 0.29) is 36.6 Å². The molecular formula is C46H40IrN2O-2. The van der Waals surface area contributed by atoms with Crippen molar-refractivity contribution in [2.75, 3.05) is 0 Å². The third kappa shape index (κ3) is 6.63. The van der Waals surface area contributed by atoms with Gasteiger partial charge in [0.15, 0.2) is 0 Å². The third-order valence-corrected chi connectivity index (χ3v) is 9.79. The van der Waals surface area contributed by atoms with Gasteiger partial charge >= 0.3 is 0 Å². The van der Waals surface area contributed by atoms with Crippen molar-refractivity contribution in [1.29, 1.82) is 0 Å². The Balaban J connectivity index is 0.000000246. The van der Waals surface area contributed by atoms with E-state index in [0.717, 1.165) is 51.2 Å². The van der Waals surface area contributed by atoms with Crippen molar-refractivity contribution in [2.45, 2.75) is 59.1 Å². The average Bonchev–Trinajstić information content (AvgIpc) is 3.56. The fraction of sp³-hybridized carbons (Fsp3) is 0.217. The summed E-state index contributed by atoms with van der Waals surface area (Å²) < 4.78 is 62.2. The van der Waals surface area contributed by atoms with Gasteiger partial charge < -0.3 is 14.4 Å². The number of fused-ring (bicyclic) bond motifs is 6. The van der Waals surface area contributed by atoms with Crippen molar-refractivity contribution in [3.63, 3.8) is 0 Å². The second kappa shape index (κ2) is 13.9. The summed E-state index contributed by atoms with van der Waals surface area (Å²) in [5.41, 5.74) is 5.43. The van der Waals surface area contributed by atoms with Crippen molar-refractivity contribution in [3.8, 4) is 22.5 Å². The van der Waals surface area contributed by atoms with Crippen LogP contribution in [0.1, 0.15) is 71.7 Å². The quantitative estimate of drug-likeness (QED) is 0.131. The van der Waals surface area contributed by atoms with Gasteiger partial charge in [-0.05, 0) is 112 Å². The topological polar surface area (TPSA) is 38.9 Å². The van der Waals surface area contributed by atoms with Crippen LogP contribution in [0.2, 0.25) is 0 Å². The van der Waals surface area contributed by atoms with E-state index in [2.05, 4.69) is 78.4 Å². The molecule has 5 aromatic carbocycles. The number of benzene rings is 5. The summed E-state index contributed by atoms with van der Waals surface area (Å²) in [6, 6.07) is 39.7. The smallest absolute Gasteiger partial charge is 0.121 e. The van der Waals surface area contributed by atoms with E-state index in [0.29, 0.717) is 35.2 Å². The van der Waals surface area contributed by atoms with Gasteiger partial charge in [-0.25, -0.2) is 0 Å². The van der Waals surface area contributed by atoms with Crippen LogP contribution in [0.15, 0.2) is 120 Å². The zero-order valence-corrected chi connectivity index (χ0v) is 30.3. The van der Waals surface area contributed by atoms with Gasteiger partial charge in [0.2, 0.25) is 0 Å². The SMILES string of the molecule is [2H]C([2H])([2H])c1ccc(-c2[c-]cccc2)nc1.[2H]C([2H])([2H])c1cnc(-c2[c-]ccc3c2oc2cc4c(ccc5ccccc54)cc23)cc1C1([2H])CCC(C)(C)CC1.[Ir]. The maximum Gasteiger partial charge on any atom is 0.121 e. The van der Waals surface area contributed by atoms with Crippen LogP contribution >= 0.6 is 0 Å². The molecule has 251 valence electrons. The molecule has 0 spiro atoms. The standard InChI is InChI=1S/C34H30NO.C12H10N.Ir/c1-21-20-35-31(18-28(21)23-13-15-34(2,3)16-14-23)27-10-6-9-26-30-17-24-12-11-22-7-4-5-8-25(22)29(24)19-32(30)36-33(26)27;1-10-7-8-12(13-9-10)11-5-3-2-4-6-11;/h4-9,11-12,17-20,23H,13-16H2,1-3H3;2-5,7-9H,1H3;/q2*-1;/i1D3,23D;1D3;. The van der Waals surface area contributed by atoms with Crippen LogP contribution in [0.4, 0.5) is 0 Å². The Hall–Kier alpha value is -4.63. The van der Waals surface area contributed by atoms with E-state index in [9.17, 15) is 1.37 Å². The first-order chi connectivity index (χ1) is 26.6. The van der Waals surface area contributed by atoms with E-state index < -0.39 is 19.6 Å². The van der Waals surface area contributed by atoms with Crippen molar-refractivity contribution in [2.24, 2.45) is 5.41 Å². The van der Waals surface area contributed by atoms with E-state index in [1.54, 1.807) is 18.2 Å². The van der Waals surface area contributed by atoms with Crippen molar-refractivity contribution in [1.82, 2.24) is 9.97 Å². The maximum atomic E-state index is 9.41. The van der Waals surface area contributed by atoms with Gasteiger partial charge in [-0.3, -0.25) is 0 Å². The molecule has 1 fully saturated rings. The van der Waals surface area contributed by atoms with Gasteiger partial charge in [-0.1, -0.05) is 79.4 Å². The summed E-state index contributed by atoms with van der Waals surface area (Å²) in [5.74, 6) is -0.975. The van der Waals surface area contributed by atoms with Crippen LogP contribution in [0.25, 0.3) is 66.0 Å². The first-order valence-corrected chi connectivity index (χ1v) is 16.7. The number of pyridine rings is 2. The molecule has 1 radical (unpaired) electrons. The van der Waals surface area contributed by atoms with Crippen LogP contribution in [0, 0.1) is 31.3 Å². The molecule has 3 nitrogen and oxygen atoms in total. The molecule has 4 heteroatoms. The molecule has 0 amide bonds. The Morgan fingerprint density at radius 2 is 1.56 bits per heavy atom. The van der Waals surface area contributed by atoms with Crippen LogP contribution in [-0.2, 0) is 20.1 Å². The first kappa shape index (κ1) is 26.2. The Morgan fingerprint density at radius 3 is 2.34 bits per heavy atom. The fourth-order valence-corrected chi connectivity index (χ4v) is 6.92. The molecule has 1 aliphatic carbocycles. The van der Waals surface area contributed by atoms with Crippen molar-refractivity contribution >= 4 is 43.5 Å². The number of furan rings is 1. The predicted octanol–water partition coefficient (Wildman–Crippen LogP) is 12.6. The second-order valence-corrected chi connectivity index (χ2v) is 13.6. The first-order valence-electron chi connectivity index (χ1n) is 20.2. The summed E-state index contributed by atoms with van der Waals surface area (Å²) >= 11 is 0. The normalized spacial score (nSPS) is 17.6. The van der Waals surface area contributed by atoms with Crippen LogP contribution in [0.5, 0.6) is 0 Å². The summed E-state index contributed by atoms with van der Waals surface area (Å²) in [5, 5.41) is 6.61. The predicted molar refractivity (Wildman–Crippen MR) is 204 cm³/mol. The van der Waals surface area contributed by atoms with E-state index >= 15 is 0 Å². The number of nitrogens with zero attached hydrogens (tertiary/aromatic N) is 2. The molecule has 3 aromatic heterocycles. The van der Waals surface area contributed by atoms with Gasteiger partial charge in [-0.2, -0.15) is 0 Å².